The Morgan fingerprint density at radius 1 is 1.28 bits per heavy atom. The fourth-order valence-electron chi connectivity index (χ4n) is 4.64. The monoisotopic (exact) mass is 471 g/mol. The minimum absolute atomic E-state index is 0.0162. The summed E-state index contributed by atoms with van der Waals surface area (Å²) in [5.41, 5.74) is -3.27. The fraction of sp³-hybridized carbons (Fsp3) is 0.318. The highest BCUT2D eigenvalue weighted by molar-refractivity contribution is 6.31. The Labute approximate surface area is 184 Å². The number of phenols is 1. The van der Waals surface area contributed by atoms with Crippen molar-refractivity contribution in [2.75, 3.05) is 11.9 Å². The summed E-state index contributed by atoms with van der Waals surface area (Å²) in [7, 11) is 0. The molecule has 2 aromatic carbocycles. The van der Waals surface area contributed by atoms with Crippen molar-refractivity contribution in [1.29, 1.82) is 0 Å². The Balaban J connectivity index is 2.00. The minimum atomic E-state index is -4.87. The molecular formula is C22H18ClF4NO4. The van der Waals surface area contributed by atoms with Crippen molar-refractivity contribution in [3.63, 3.8) is 0 Å². The Kier molecular flexibility index (Phi) is 5.37. The number of halogens is 5. The van der Waals surface area contributed by atoms with Crippen LogP contribution in [0.2, 0.25) is 5.02 Å². The second-order valence-corrected chi connectivity index (χ2v) is 8.40. The summed E-state index contributed by atoms with van der Waals surface area (Å²) in [4.78, 5) is 12.0. The van der Waals surface area contributed by atoms with Crippen LogP contribution in [0.4, 0.5) is 23.2 Å². The summed E-state index contributed by atoms with van der Waals surface area (Å²) in [6.45, 7) is 0.155. The maximum Gasteiger partial charge on any atom is 0.399 e. The Hall–Kier alpha value is -2.78. The molecule has 10 heteroatoms. The number of hydrogen-bond donors (Lipinski definition) is 3. The van der Waals surface area contributed by atoms with E-state index in [-0.39, 0.29) is 22.2 Å². The smallest absolute Gasteiger partial charge is 0.399 e. The Morgan fingerprint density at radius 2 is 2.00 bits per heavy atom. The maximum absolute atomic E-state index is 14.4. The first kappa shape index (κ1) is 22.4. The van der Waals surface area contributed by atoms with Gasteiger partial charge in [0, 0.05) is 16.6 Å². The largest absolute Gasteiger partial charge is 0.505 e. The average Bonchev–Trinajstić information content (AvgIpc) is 2.73. The van der Waals surface area contributed by atoms with Crippen LogP contribution >= 0.6 is 11.6 Å². The molecule has 0 fully saturated rings. The molecule has 3 atom stereocenters. The third kappa shape index (κ3) is 3.22. The van der Waals surface area contributed by atoms with E-state index in [0.717, 1.165) is 12.3 Å². The Morgan fingerprint density at radius 3 is 2.66 bits per heavy atom. The van der Waals surface area contributed by atoms with Crippen LogP contribution in [-0.4, -0.2) is 23.0 Å². The van der Waals surface area contributed by atoms with Gasteiger partial charge in [0.25, 0.3) is 0 Å². The number of hydrogen-bond acceptors (Lipinski definition) is 5. The van der Waals surface area contributed by atoms with E-state index in [2.05, 4.69) is 5.32 Å². The van der Waals surface area contributed by atoms with E-state index in [9.17, 15) is 32.6 Å². The van der Waals surface area contributed by atoms with Crippen LogP contribution in [-0.2, 0) is 0 Å². The molecule has 0 saturated heterocycles. The second kappa shape index (κ2) is 7.67. The number of alkyl halides is 3. The van der Waals surface area contributed by atoms with E-state index in [1.54, 1.807) is 0 Å². The van der Waals surface area contributed by atoms with Crippen LogP contribution in [0.25, 0.3) is 10.8 Å². The number of phenolic OH excluding ortho intramolecular Hbond substituents is 1. The molecule has 5 nitrogen and oxygen atoms in total. The highest BCUT2D eigenvalue weighted by Crippen LogP contribution is 2.60. The normalized spacial score (nSPS) is 23.2. The van der Waals surface area contributed by atoms with Gasteiger partial charge in [0.2, 0.25) is 0 Å². The molecule has 1 aliphatic carbocycles. The molecule has 3 aromatic rings. The lowest BCUT2D eigenvalue weighted by Crippen LogP contribution is -2.52. The third-order valence-corrected chi connectivity index (χ3v) is 6.45. The quantitative estimate of drug-likeness (QED) is 0.440. The number of aliphatic hydroxyl groups is 1. The van der Waals surface area contributed by atoms with Crippen molar-refractivity contribution >= 4 is 28.1 Å². The van der Waals surface area contributed by atoms with Gasteiger partial charge in [-0.05, 0) is 42.2 Å². The number of anilines is 1. The summed E-state index contributed by atoms with van der Waals surface area (Å²) in [6.07, 6.45) is -4.36. The van der Waals surface area contributed by atoms with Crippen LogP contribution in [0.5, 0.6) is 5.75 Å². The SMILES string of the molecule is C[C@@H]1C[C@](CO)(C(F)(F)F)C(Nc2cccc3c(=O)occc23)c2cc(Cl)c(F)c(O)c21. The van der Waals surface area contributed by atoms with E-state index in [0.29, 0.717) is 5.39 Å². The molecule has 0 aliphatic heterocycles. The van der Waals surface area contributed by atoms with Gasteiger partial charge in [-0.3, -0.25) is 0 Å². The van der Waals surface area contributed by atoms with Gasteiger partial charge < -0.3 is 19.9 Å². The molecule has 0 saturated carbocycles. The zero-order valence-electron chi connectivity index (χ0n) is 16.6. The lowest BCUT2D eigenvalue weighted by atomic mass is 9.63. The van der Waals surface area contributed by atoms with Gasteiger partial charge in [-0.25, -0.2) is 9.18 Å². The number of nitrogens with one attached hydrogen (secondary N) is 1. The first-order chi connectivity index (χ1) is 15.0. The van der Waals surface area contributed by atoms with Crippen molar-refractivity contribution in [2.45, 2.75) is 31.5 Å². The molecule has 1 aromatic heterocycles. The predicted octanol–water partition coefficient (Wildman–Crippen LogP) is 5.49. The molecule has 0 spiro atoms. The molecule has 170 valence electrons. The van der Waals surface area contributed by atoms with Crippen molar-refractivity contribution in [1.82, 2.24) is 0 Å². The van der Waals surface area contributed by atoms with Crippen LogP contribution in [0, 0.1) is 11.2 Å². The highest BCUT2D eigenvalue weighted by Gasteiger charge is 2.62. The zero-order valence-corrected chi connectivity index (χ0v) is 17.4. The van der Waals surface area contributed by atoms with Crippen molar-refractivity contribution in [3.05, 3.63) is 69.0 Å². The molecule has 4 rings (SSSR count). The van der Waals surface area contributed by atoms with E-state index in [4.69, 9.17) is 16.0 Å². The predicted molar refractivity (Wildman–Crippen MR) is 111 cm³/mol. The van der Waals surface area contributed by atoms with Crippen LogP contribution in [0.15, 0.2) is 45.8 Å². The molecule has 3 N–H and O–H groups in total. The van der Waals surface area contributed by atoms with Gasteiger partial charge in [0.05, 0.1) is 29.3 Å². The molecule has 0 radical (unpaired) electrons. The second-order valence-electron chi connectivity index (χ2n) is 7.99. The van der Waals surface area contributed by atoms with Crippen LogP contribution in [0.3, 0.4) is 0 Å². The topological polar surface area (TPSA) is 82.7 Å². The molecule has 1 heterocycles. The average molecular weight is 472 g/mol. The number of fused-ring (bicyclic) bond motifs is 2. The van der Waals surface area contributed by atoms with Gasteiger partial charge in [-0.2, -0.15) is 13.2 Å². The van der Waals surface area contributed by atoms with E-state index in [1.807, 2.05) is 0 Å². The first-order valence-corrected chi connectivity index (χ1v) is 10.0. The fourth-order valence-corrected chi connectivity index (χ4v) is 4.85. The van der Waals surface area contributed by atoms with E-state index >= 15 is 0 Å². The summed E-state index contributed by atoms with van der Waals surface area (Å²) >= 11 is 5.87. The third-order valence-electron chi connectivity index (χ3n) is 6.18. The standard InChI is InChI=1S/C22H18ClF4NO4/c1-10-8-21(9-29,22(25,26)27)19(13-7-14(23)17(24)18(30)16(10)13)28-15-4-2-3-12-11(15)5-6-32-20(12)31/h2-7,10,19,28-30H,8-9H2,1H3/t10-,19?,21-/m1/s1. The zero-order chi connectivity index (χ0) is 23.4. The molecule has 1 aliphatic rings. The number of benzene rings is 2. The molecule has 32 heavy (non-hydrogen) atoms. The van der Waals surface area contributed by atoms with Gasteiger partial charge in [0.1, 0.15) is 5.41 Å². The van der Waals surface area contributed by atoms with Crippen LogP contribution < -0.4 is 10.9 Å². The summed E-state index contributed by atoms with van der Waals surface area (Å²) in [5, 5.41) is 23.1. The first-order valence-electron chi connectivity index (χ1n) is 9.67. The number of aliphatic hydroxyl groups excluding tert-OH is 1. The van der Waals surface area contributed by atoms with Gasteiger partial charge in [-0.15, -0.1) is 0 Å². The van der Waals surface area contributed by atoms with E-state index in [1.165, 1.54) is 31.2 Å². The summed E-state index contributed by atoms with van der Waals surface area (Å²) in [5.74, 6) is -2.87. The van der Waals surface area contributed by atoms with Crippen molar-refractivity contribution in [3.8, 4) is 5.75 Å². The number of aromatic hydroxyl groups is 1. The van der Waals surface area contributed by atoms with Gasteiger partial charge in [-0.1, -0.05) is 24.6 Å². The summed E-state index contributed by atoms with van der Waals surface area (Å²) in [6, 6.07) is 5.23. The molecular weight excluding hydrogens is 454 g/mol. The Bertz CT molecular complexity index is 1260. The highest BCUT2D eigenvalue weighted by atomic mass is 35.5. The number of rotatable bonds is 3. The lowest BCUT2D eigenvalue weighted by molar-refractivity contribution is -0.248. The lowest BCUT2D eigenvalue weighted by Gasteiger charge is -2.47. The summed E-state index contributed by atoms with van der Waals surface area (Å²) < 4.78 is 62.4. The van der Waals surface area contributed by atoms with E-state index < -0.39 is 58.8 Å². The molecule has 0 amide bonds. The van der Waals surface area contributed by atoms with Gasteiger partial charge >= 0.3 is 11.8 Å². The van der Waals surface area contributed by atoms with Crippen molar-refractivity contribution < 1.29 is 32.2 Å². The van der Waals surface area contributed by atoms with Crippen molar-refractivity contribution in [2.24, 2.45) is 5.41 Å². The maximum atomic E-state index is 14.4. The minimum Gasteiger partial charge on any atom is -0.505 e. The van der Waals surface area contributed by atoms with Crippen LogP contribution in [0.1, 0.15) is 36.4 Å². The molecule has 1 unspecified atom stereocenters. The van der Waals surface area contributed by atoms with Gasteiger partial charge in [0.15, 0.2) is 11.6 Å². The molecule has 0 bridgehead atoms.